The average molecular weight is 242 g/mol. The summed E-state index contributed by atoms with van der Waals surface area (Å²) in [6, 6.07) is 11.6. The number of fused-ring (bicyclic) bond motifs is 1. The van der Waals surface area contributed by atoms with Crippen LogP contribution in [0.1, 0.15) is 0 Å². The van der Waals surface area contributed by atoms with Gasteiger partial charge in [0.2, 0.25) is 0 Å². The SMILES string of the molecule is Oc1cc(O)c2oc(-c3ccccc3)c(O)c2c1. The van der Waals surface area contributed by atoms with Gasteiger partial charge in [-0.05, 0) is 6.07 Å². The molecule has 0 spiro atoms. The van der Waals surface area contributed by atoms with E-state index in [9.17, 15) is 15.3 Å². The van der Waals surface area contributed by atoms with E-state index in [4.69, 9.17) is 4.42 Å². The quantitative estimate of drug-likeness (QED) is 0.612. The van der Waals surface area contributed by atoms with E-state index in [1.807, 2.05) is 18.2 Å². The molecule has 4 nitrogen and oxygen atoms in total. The zero-order chi connectivity index (χ0) is 12.7. The molecule has 0 amide bonds. The number of furan rings is 1. The second kappa shape index (κ2) is 3.70. The van der Waals surface area contributed by atoms with Crippen molar-refractivity contribution in [2.75, 3.05) is 0 Å². The molecule has 0 aliphatic carbocycles. The van der Waals surface area contributed by atoms with E-state index in [0.29, 0.717) is 5.56 Å². The van der Waals surface area contributed by atoms with Crippen molar-refractivity contribution in [1.29, 1.82) is 0 Å². The minimum atomic E-state index is -0.206. The minimum absolute atomic E-state index is 0.0950. The van der Waals surface area contributed by atoms with Crippen molar-refractivity contribution < 1.29 is 19.7 Å². The number of phenols is 2. The first-order valence-electron chi connectivity index (χ1n) is 5.39. The van der Waals surface area contributed by atoms with Gasteiger partial charge in [0.1, 0.15) is 5.75 Å². The van der Waals surface area contributed by atoms with Gasteiger partial charge in [0.05, 0.1) is 5.39 Å². The summed E-state index contributed by atoms with van der Waals surface area (Å²) in [6.45, 7) is 0. The molecule has 18 heavy (non-hydrogen) atoms. The Bertz CT molecular complexity index is 713. The van der Waals surface area contributed by atoms with Gasteiger partial charge in [-0.15, -0.1) is 0 Å². The molecule has 90 valence electrons. The largest absolute Gasteiger partial charge is 0.508 e. The van der Waals surface area contributed by atoms with Gasteiger partial charge in [-0.2, -0.15) is 0 Å². The lowest BCUT2D eigenvalue weighted by Gasteiger charge is -1.95. The smallest absolute Gasteiger partial charge is 0.180 e. The van der Waals surface area contributed by atoms with Crippen LogP contribution in [0.15, 0.2) is 46.9 Å². The monoisotopic (exact) mass is 242 g/mol. The Morgan fingerprint density at radius 3 is 2.33 bits per heavy atom. The Kier molecular flexibility index (Phi) is 2.16. The van der Waals surface area contributed by atoms with E-state index >= 15 is 0 Å². The molecule has 1 heterocycles. The first-order chi connectivity index (χ1) is 8.66. The molecule has 0 fully saturated rings. The number of hydrogen-bond acceptors (Lipinski definition) is 4. The van der Waals surface area contributed by atoms with Crippen molar-refractivity contribution in [3.63, 3.8) is 0 Å². The van der Waals surface area contributed by atoms with Gasteiger partial charge in [0.25, 0.3) is 0 Å². The van der Waals surface area contributed by atoms with E-state index in [-0.39, 0.29) is 34.0 Å². The minimum Gasteiger partial charge on any atom is -0.508 e. The van der Waals surface area contributed by atoms with Crippen LogP contribution in [0.25, 0.3) is 22.3 Å². The van der Waals surface area contributed by atoms with E-state index in [2.05, 4.69) is 0 Å². The van der Waals surface area contributed by atoms with Crippen molar-refractivity contribution in [1.82, 2.24) is 0 Å². The normalized spacial score (nSPS) is 10.9. The van der Waals surface area contributed by atoms with Crippen LogP contribution >= 0.6 is 0 Å². The Morgan fingerprint density at radius 1 is 0.889 bits per heavy atom. The maximum absolute atomic E-state index is 10.1. The summed E-state index contributed by atoms with van der Waals surface area (Å²) in [4.78, 5) is 0. The summed E-state index contributed by atoms with van der Waals surface area (Å²) < 4.78 is 5.46. The second-order valence-electron chi connectivity index (χ2n) is 3.99. The lowest BCUT2D eigenvalue weighted by atomic mass is 10.1. The van der Waals surface area contributed by atoms with Gasteiger partial charge >= 0.3 is 0 Å². The van der Waals surface area contributed by atoms with E-state index < -0.39 is 0 Å². The molecule has 0 radical (unpaired) electrons. The number of hydrogen-bond donors (Lipinski definition) is 3. The lowest BCUT2D eigenvalue weighted by Crippen LogP contribution is -1.72. The zero-order valence-electron chi connectivity index (χ0n) is 9.29. The molecule has 0 unspecified atom stereocenters. The highest BCUT2D eigenvalue weighted by atomic mass is 16.4. The molecule has 0 aliphatic heterocycles. The Hall–Kier alpha value is -2.62. The second-order valence-corrected chi connectivity index (χ2v) is 3.99. The van der Waals surface area contributed by atoms with Crippen LogP contribution in [-0.2, 0) is 0 Å². The molecule has 2 aromatic carbocycles. The molecule has 0 saturated carbocycles. The highest BCUT2D eigenvalue weighted by Gasteiger charge is 2.18. The molecular weight excluding hydrogens is 232 g/mol. The van der Waals surface area contributed by atoms with Crippen LogP contribution < -0.4 is 0 Å². The topological polar surface area (TPSA) is 73.8 Å². The summed E-state index contributed by atoms with van der Waals surface area (Å²) in [7, 11) is 0. The van der Waals surface area contributed by atoms with E-state index in [1.165, 1.54) is 12.1 Å². The van der Waals surface area contributed by atoms with Crippen LogP contribution in [0.5, 0.6) is 17.2 Å². The van der Waals surface area contributed by atoms with Crippen LogP contribution in [0.3, 0.4) is 0 Å². The first-order valence-corrected chi connectivity index (χ1v) is 5.39. The highest BCUT2D eigenvalue weighted by molar-refractivity contribution is 5.95. The summed E-state index contributed by atoms with van der Waals surface area (Å²) in [6.07, 6.45) is 0. The molecule has 1 aromatic heterocycles. The number of aromatic hydroxyl groups is 3. The molecule has 3 N–H and O–H groups in total. The average Bonchev–Trinajstić information content (AvgIpc) is 2.69. The summed E-state index contributed by atoms with van der Waals surface area (Å²) in [5.74, 6) is -0.160. The van der Waals surface area contributed by atoms with Crippen LogP contribution in [-0.4, -0.2) is 15.3 Å². The molecule has 4 heteroatoms. The van der Waals surface area contributed by atoms with Gasteiger partial charge in [-0.1, -0.05) is 30.3 Å². The molecule has 0 bridgehead atoms. The number of rotatable bonds is 1. The van der Waals surface area contributed by atoms with Crippen molar-refractivity contribution in [3.05, 3.63) is 42.5 Å². The molecule has 0 atom stereocenters. The molecule has 3 rings (SSSR count). The van der Waals surface area contributed by atoms with Crippen molar-refractivity contribution in [2.24, 2.45) is 0 Å². The Morgan fingerprint density at radius 2 is 1.61 bits per heavy atom. The Labute approximate surface area is 102 Å². The maximum atomic E-state index is 10.1. The molecule has 3 aromatic rings. The summed E-state index contributed by atoms with van der Waals surface area (Å²) in [5.41, 5.74) is 0.856. The highest BCUT2D eigenvalue weighted by Crippen LogP contribution is 2.43. The third-order valence-corrected chi connectivity index (χ3v) is 2.76. The fourth-order valence-electron chi connectivity index (χ4n) is 1.94. The van der Waals surface area contributed by atoms with Crippen molar-refractivity contribution >= 4 is 11.0 Å². The fraction of sp³-hybridized carbons (Fsp3) is 0. The third kappa shape index (κ3) is 1.47. The van der Waals surface area contributed by atoms with Gasteiger partial charge in [0.15, 0.2) is 22.8 Å². The van der Waals surface area contributed by atoms with Crippen LogP contribution in [0.2, 0.25) is 0 Å². The van der Waals surface area contributed by atoms with Crippen molar-refractivity contribution in [2.45, 2.75) is 0 Å². The van der Waals surface area contributed by atoms with Gasteiger partial charge in [0, 0.05) is 11.6 Å². The van der Waals surface area contributed by atoms with Gasteiger partial charge in [-0.3, -0.25) is 0 Å². The molecule has 0 aliphatic rings. The summed E-state index contributed by atoms with van der Waals surface area (Å²) in [5, 5.41) is 29.4. The van der Waals surface area contributed by atoms with Crippen LogP contribution in [0.4, 0.5) is 0 Å². The standard InChI is InChI=1S/C14H10O4/c15-9-6-10-12(17)13(8-4-2-1-3-5-8)18-14(10)11(16)7-9/h1-7,15-17H. The fourth-order valence-corrected chi connectivity index (χ4v) is 1.94. The number of phenolic OH excluding ortho intramolecular Hbond substituents is 2. The van der Waals surface area contributed by atoms with Gasteiger partial charge in [-0.25, -0.2) is 0 Å². The lowest BCUT2D eigenvalue weighted by molar-refractivity contribution is 0.446. The van der Waals surface area contributed by atoms with Crippen LogP contribution in [0, 0.1) is 0 Å². The molecular formula is C14H10O4. The van der Waals surface area contributed by atoms with E-state index in [1.54, 1.807) is 12.1 Å². The third-order valence-electron chi connectivity index (χ3n) is 2.76. The maximum Gasteiger partial charge on any atom is 0.180 e. The van der Waals surface area contributed by atoms with Crippen molar-refractivity contribution in [3.8, 4) is 28.6 Å². The predicted molar refractivity (Wildman–Crippen MR) is 66.6 cm³/mol. The number of benzene rings is 2. The summed E-state index contributed by atoms with van der Waals surface area (Å²) >= 11 is 0. The Balaban J connectivity index is 2.33. The first kappa shape index (κ1) is 10.5. The zero-order valence-corrected chi connectivity index (χ0v) is 9.29. The van der Waals surface area contributed by atoms with Gasteiger partial charge < -0.3 is 19.7 Å². The molecule has 0 saturated heterocycles. The van der Waals surface area contributed by atoms with E-state index in [0.717, 1.165) is 0 Å². The predicted octanol–water partition coefficient (Wildman–Crippen LogP) is 3.22.